The number of nitriles is 1. The number of thiophene rings is 1. The summed E-state index contributed by atoms with van der Waals surface area (Å²) in [4.78, 5) is 16.2. The molecule has 1 aromatic carbocycles. The number of carbonyl (C=O) groups is 1. The largest absolute Gasteiger partial charge is 0.362 e. The zero-order chi connectivity index (χ0) is 19.0. The van der Waals surface area contributed by atoms with E-state index in [1.54, 1.807) is 11.3 Å². The van der Waals surface area contributed by atoms with Crippen molar-refractivity contribution in [2.75, 3.05) is 23.3 Å². The fraction of sp³-hybridized carbons (Fsp3) is 0.455. The molecule has 0 bridgehead atoms. The molecule has 0 spiro atoms. The molecule has 2 aliphatic rings. The number of carbonyl (C=O) groups excluding carboxylic acids is 1. The summed E-state index contributed by atoms with van der Waals surface area (Å²) in [6.45, 7) is 5.59. The number of aryl methyl sites for hydroxylation is 2. The lowest BCUT2D eigenvalue weighted by Gasteiger charge is -2.31. The molecule has 1 aliphatic heterocycles. The van der Waals surface area contributed by atoms with Gasteiger partial charge in [0.05, 0.1) is 12.1 Å². The number of fused-ring (bicyclic) bond motifs is 2. The number of benzene rings is 1. The highest BCUT2D eigenvalue weighted by Gasteiger charge is 2.25. The van der Waals surface area contributed by atoms with E-state index in [1.165, 1.54) is 21.7 Å². The van der Waals surface area contributed by atoms with Gasteiger partial charge in [-0.1, -0.05) is 24.6 Å². The Bertz CT molecular complexity index is 924. The molecule has 1 atom stereocenters. The van der Waals surface area contributed by atoms with Crippen LogP contribution in [-0.2, 0) is 24.1 Å². The number of hydrogen-bond donors (Lipinski definition) is 1. The Kier molecular flexibility index (Phi) is 4.92. The second-order valence-corrected chi connectivity index (χ2v) is 8.98. The third-order valence-electron chi connectivity index (χ3n) is 5.66. The van der Waals surface area contributed by atoms with Crippen molar-refractivity contribution in [3.8, 4) is 6.07 Å². The lowest BCUT2D eigenvalue weighted by atomic mass is 9.89. The molecule has 140 valence electrons. The molecule has 1 amide bonds. The molecule has 1 N–H and O–H groups in total. The van der Waals surface area contributed by atoms with Crippen molar-refractivity contribution in [2.45, 2.75) is 46.0 Å². The summed E-state index contributed by atoms with van der Waals surface area (Å²) in [6.07, 6.45) is 5.23. The van der Waals surface area contributed by atoms with Gasteiger partial charge in [0.1, 0.15) is 11.1 Å². The first-order valence-electron chi connectivity index (χ1n) is 9.74. The Morgan fingerprint density at radius 1 is 1.41 bits per heavy atom. The number of anilines is 2. The molecule has 1 aromatic heterocycles. The first-order valence-corrected chi connectivity index (χ1v) is 10.6. The molecule has 0 saturated carbocycles. The van der Waals surface area contributed by atoms with Gasteiger partial charge in [-0.3, -0.25) is 4.79 Å². The van der Waals surface area contributed by atoms with E-state index in [0.717, 1.165) is 49.2 Å². The van der Waals surface area contributed by atoms with Crippen LogP contribution in [0.4, 0.5) is 10.7 Å². The minimum absolute atomic E-state index is 0.0356. The predicted octanol–water partition coefficient (Wildman–Crippen LogP) is 4.44. The molecule has 2 heterocycles. The molecule has 5 heteroatoms. The minimum atomic E-state index is -0.0356. The van der Waals surface area contributed by atoms with Crippen LogP contribution in [0.5, 0.6) is 0 Å². The highest BCUT2D eigenvalue weighted by Crippen LogP contribution is 2.39. The van der Waals surface area contributed by atoms with Crippen molar-refractivity contribution in [3.05, 3.63) is 45.3 Å². The predicted molar refractivity (Wildman–Crippen MR) is 111 cm³/mol. The zero-order valence-electron chi connectivity index (χ0n) is 16.0. The molecule has 27 heavy (non-hydrogen) atoms. The van der Waals surface area contributed by atoms with E-state index in [9.17, 15) is 10.1 Å². The number of nitrogens with zero attached hydrogens (tertiary/aromatic N) is 2. The lowest BCUT2D eigenvalue weighted by molar-refractivity contribution is -0.115. The summed E-state index contributed by atoms with van der Waals surface area (Å²) >= 11 is 1.60. The van der Waals surface area contributed by atoms with Crippen molar-refractivity contribution >= 4 is 27.9 Å². The summed E-state index contributed by atoms with van der Waals surface area (Å²) in [5.41, 5.74) is 5.60. The molecular weight excluding hydrogens is 354 g/mol. The Balaban J connectivity index is 1.51. The van der Waals surface area contributed by atoms with Crippen molar-refractivity contribution in [1.82, 2.24) is 0 Å². The van der Waals surface area contributed by atoms with Crippen LogP contribution >= 0.6 is 11.3 Å². The van der Waals surface area contributed by atoms with Crippen LogP contribution in [0.3, 0.4) is 0 Å². The van der Waals surface area contributed by atoms with Crippen LogP contribution in [0.15, 0.2) is 18.2 Å². The van der Waals surface area contributed by atoms with Gasteiger partial charge in [-0.05, 0) is 62.1 Å². The molecular formula is C22H25N3OS. The van der Waals surface area contributed by atoms with E-state index in [0.29, 0.717) is 18.0 Å². The highest BCUT2D eigenvalue weighted by molar-refractivity contribution is 7.16. The molecule has 1 unspecified atom stereocenters. The third-order valence-corrected chi connectivity index (χ3v) is 6.83. The van der Waals surface area contributed by atoms with Gasteiger partial charge in [0.15, 0.2) is 0 Å². The molecule has 2 aromatic rings. The molecule has 0 saturated heterocycles. The van der Waals surface area contributed by atoms with Gasteiger partial charge in [0, 0.05) is 17.1 Å². The quantitative estimate of drug-likeness (QED) is 0.857. The Labute approximate surface area is 164 Å². The van der Waals surface area contributed by atoms with Gasteiger partial charge >= 0.3 is 0 Å². The van der Waals surface area contributed by atoms with Crippen LogP contribution < -0.4 is 10.2 Å². The average molecular weight is 380 g/mol. The van der Waals surface area contributed by atoms with Gasteiger partial charge in [-0.2, -0.15) is 5.26 Å². The Hall–Kier alpha value is -2.32. The third kappa shape index (κ3) is 3.59. The van der Waals surface area contributed by atoms with Gasteiger partial charge in [-0.15, -0.1) is 11.3 Å². The maximum atomic E-state index is 12.7. The standard InChI is InChI=1S/C22H25N3OS/c1-14-6-8-19-16(10-14)4-3-9-25(19)13-21(26)24-22-18(12-23)17-7-5-15(2)11-20(17)27-22/h6,8,10,15H,3-5,7,9,11,13H2,1-2H3,(H,24,26). The van der Waals surface area contributed by atoms with E-state index in [4.69, 9.17) is 0 Å². The second-order valence-electron chi connectivity index (χ2n) is 7.87. The summed E-state index contributed by atoms with van der Waals surface area (Å²) in [5.74, 6) is 0.617. The van der Waals surface area contributed by atoms with E-state index in [2.05, 4.69) is 48.3 Å². The SMILES string of the molecule is Cc1ccc2c(c1)CCCN2CC(=O)Nc1sc2c(c1C#N)CCC(C)C2. The first kappa shape index (κ1) is 18.1. The number of nitrogens with one attached hydrogen (secondary N) is 1. The number of rotatable bonds is 3. The van der Waals surface area contributed by atoms with Crippen molar-refractivity contribution in [3.63, 3.8) is 0 Å². The molecule has 0 radical (unpaired) electrons. The highest BCUT2D eigenvalue weighted by atomic mass is 32.1. The fourth-order valence-electron chi connectivity index (χ4n) is 4.26. The Morgan fingerprint density at radius 2 is 2.26 bits per heavy atom. The molecule has 4 nitrogen and oxygen atoms in total. The maximum Gasteiger partial charge on any atom is 0.244 e. The topological polar surface area (TPSA) is 56.1 Å². The van der Waals surface area contributed by atoms with Crippen molar-refractivity contribution < 1.29 is 4.79 Å². The number of amides is 1. The maximum absolute atomic E-state index is 12.7. The van der Waals surface area contributed by atoms with Crippen LogP contribution in [-0.4, -0.2) is 19.0 Å². The zero-order valence-corrected chi connectivity index (χ0v) is 16.8. The van der Waals surface area contributed by atoms with Crippen molar-refractivity contribution in [2.24, 2.45) is 5.92 Å². The van der Waals surface area contributed by atoms with E-state index in [-0.39, 0.29) is 5.91 Å². The van der Waals surface area contributed by atoms with Gasteiger partial charge < -0.3 is 10.2 Å². The van der Waals surface area contributed by atoms with Gasteiger partial charge in [-0.25, -0.2) is 0 Å². The summed E-state index contributed by atoms with van der Waals surface area (Å²) in [5, 5.41) is 13.4. The van der Waals surface area contributed by atoms with Gasteiger partial charge in [0.25, 0.3) is 0 Å². The average Bonchev–Trinajstić information content (AvgIpc) is 2.97. The van der Waals surface area contributed by atoms with E-state index >= 15 is 0 Å². The monoisotopic (exact) mass is 379 g/mol. The second kappa shape index (κ2) is 7.36. The Morgan fingerprint density at radius 3 is 3.07 bits per heavy atom. The van der Waals surface area contributed by atoms with Crippen LogP contribution in [0.2, 0.25) is 0 Å². The molecule has 0 fully saturated rings. The molecule has 1 aliphatic carbocycles. The summed E-state index contributed by atoms with van der Waals surface area (Å²) in [7, 11) is 0. The van der Waals surface area contributed by atoms with E-state index in [1.807, 2.05) is 0 Å². The summed E-state index contributed by atoms with van der Waals surface area (Å²) in [6, 6.07) is 8.79. The smallest absolute Gasteiger partial charge is 0.244 e. The van der Waals surface area contributed by atoms with Crippen LogP contribution in [0.1, 0.15) is 46.9 Å². The van der Waals surface area contributed by atoms with Gasteiger partial charge in [0.2, 0.25) is 5.91 Å². The normalized spacial score (nSPS) is 18.4. The van der Waals surface area contributed by atoms with E-state index < -0.39 is 0 Å². The van der Waals surface area contributed by atoms with Crippen LogP contribution in [0.25, 0.3) is 0 Å². The molecule has 4 rings (SSSR count). The van der Waals surface area contributed by atoms with Crippen molar-refractivity contribution in [1.29, 1.82) is 5.26 Å². The van der Waals surface area contributed by atoms with Crippen LogP contribution in [0, 0.1) is 24.2 Å². The fourth-order valence-corrected chi connectivity index (χ4v) is 5.64. The lowest BCUT2D eigenvalue weighted by Crippen LogP contribution is -2.36. The summed E-state index contributed by atoms with van der Waals surface area (Å²) < 4.78 is 0. The first-order chi connectivity index (χ1) is 13.0. The minimum Gasteiger partial charge on any atom is -0.362 e. The number of hydrogen-bond acceptors (Lipinski definition) is 4.